The zero-order valence-electron chi connectivity index (χ0n) is 20.6. The molecule has 3 aromatic rings. The summed E-state index contributed by atoms with van der Waals surface area (Å²) in [6.07, 6.45) is 6.01. The fourth-order valence-electron chi connectivity index (χ4n) is 5.33. The van der Waals surface area contributed by atoms with Gasteiger partial charge in [-0.1, -0.05) is 5.21 Å². The highest BCUT2D eigenvalue weighted by Crippen LogP contribution is 2.54. The lowest BCUT2D eigenvalue weighted by atomic mass is 9.93. The Kier molecular flexibility index (Phi) is 5.57. The van der Waals surface area contributed by atoms with Crippen LogP contribution in [0.3, 0.4) is 0 Å². The van der Waals surface area contributed by atoms with Gasteiger partial charge in [-0.05, 0) is 50.2 Å². The van der Waals surface area contributed by atoms with E-state index >= 15 is 0 Å². The molecule has 0 atom stereocenters. The number of nitro benzene ring substituents is 1. The molecule has 1 spiro atoms. The predicted octanol–water partition coefficient (Wildman–Crippen LogP) is 4.56. The summed E-state index contributed by atoms with van der Waals surface area (Å²) in [7, 11) is 0. The molecule has 37 heavy (non-hydrogen) atoms. The van der Waals surface area contributed by atoms with E-state index in [0.717, 1.165) is 31.6 Å². The maximum Gasteiger partial charge on any atom is 0.271 e. The number of benzene rings is 1. The third-order valence-corrected chi connectivity index (χ3v) is 7.91. The Labute approximate surface area is 212 Å². The van der Waals surface area contributed by atoms with E-state index in [1.807, 2.05) is 6.92 Å². The number of halogens is 2. The number of piperidine rings is 2. The molecule has 0 radical (unpaired) electrons. The second-order valence-electron chi connectivity index (χ2n) is 10.5. The van der Waals surface area contributed by atoms with E-state index in [-0.39, 0.29) is 36.5 Å². The van der Waals surface area contributed by atoms with Crippen LogP contribution in [-0.2, 0) is 0 Å². The van der Waals surface area contributed by atoms with Gasteiger partial charge in [0.1, 0.15) is 5.69 Å². The van der Waals surface area contributed by atoms with E-state index < -0.39 is 5.92 Å². The van der Waals surface area contributed by atoms with Gasteiger partial charge in [-0.3, -0.25) is 10.1 Å². The van der Waals surface area contributed by atoms with Gasteiger partial charge >= 0.3 is 0 Å². The Morgan fingerprint density at radius 2 is 1.59 bits per heavy atom. The number of nitrogens with zero attached hydrogens (tertiary/aromatic N) is 8. The molecular formula is C25H28F2N8O2. The van der Waals surface area contributed by atoms with Gasteiger partial charge < -0.3 is 9.80 Å². The van der Waals surface area contributed by atoms with Gasteiger partial charge in [-0.25, -0.2) is 23.4 Å². The lowest BCUT2D eigenvalue weighted by molar-refractivity contribution is -0.384. The summed E-state index contributed by atoms with van der Waals surface area (Å²) in [5.41, 5.74) is 3.73. The van der Waals surface area contributed by atoms with Gasteiger partial charge in [0.15, 0.2) is 0 Å². The van der Waals surface area contributed by atoms with Crippen LogP contribution in [-0.4, -0.2) is 62.0 Å². The van der Waals surface area contributed by atoms with Gasteiger partial charge in [0, 0.05) is 56.8 Å². The zero-order valence-corrected chi connectivity index (χ0v) is 20.6. The lowest BCUT2D eigenvalue weighted by Gasteiger charge is -2.34. The summed E-state index contributed by atoms with van der Waals surface area (Å²) >= 11 is 0. The van der Waals surface area contributed by atoms with Gasteiger partial charge in [0.2, 0.25) is 5.95 Å². The van der Waals surface area contributed by atoms with Crippen molar-refractivity contribution in [3.8, 4) is 17.1 Å². The van der Waals surface area contributed by atoms with Crippen LogP contribution in [0.1, 0.15) is 44.2 Å². The first-order valence-electron chi connectivity index (χ1n) is 12.7. The molecule has 3 aliphatic rings. The van der Waals surface area contributed by atoms with E-state index in [9.17, 15) is 18.9 Å². The minimum atomic E-state index is -2.65. The molecule has 3 fully saturated rings. The van der Waals surface area contributed by atoms with Crippen LogP contribution in [0.25, 0.3) is 17.1 Å². The van der Waals surface area contributed by atoms with Crippen molar-refractivity contribution in [2.75, 3.05) is 36.0 Å². The molecular weight excluding hydrogens is 482 g/mol. The molecule has 0 amide bonds. The van der Waals surface area contributed by atoms with Crippen LogP contribution >= 0.6 is 0 Å². The molecule has 0 bridgehead atoms. The van der Waals surface area contributed by atoms with Gasteiger partial charge in [-0.2, -0.15) is 0 Å². The van der Waals surface area contributed by atoms with Crippen molar-refractivity contribution in [2.45, 2.75) is 51.4 Å². The van der Waals surface area contributed by atoms with Crippen LogP contribution in [0.15, 0.2) is 30.5 Å². The van der Waals surface area contributed by atoms with Crippen molar-refractivity contribution < 1.29 is 13.7 Å². The Balaban J connectivity index is 1.30. The molecule has 1 saturated carbocycles. The van der Waals surface area contributed by atoms with Crippen molar-refractivity contribution in [1.29, 1.82) is 0 Å². The van der Waals surface area contributed by atoms with E-state index in [2.05, 4.69) is 25.2 Å². The number of hydrogen-bond donors (Lipinski definition) is 0. The number of non-ortho nitro benzene ring substituents is 1. The standard InChI is InChI=1S/C25H28F2N8O2/c1-17-14-19(29-23(28-17)33-12-8-25(26,27)9-13-33)20-16-34(31-30-20)21-3-2-18(35(36)37)15-22(21)32-10-6-24(4-5-24)7-11-32/h2-3,14-16H,4-13H2,1H3. The Morgan fingerprint density at radius 3 is 2.27 bits per heavy atom. The largest absolute Gasteiger partial charge is 0.370 e. The summed E-state index contributed by atoms with van der Waals surface area (Å²) in [5, 5.41) is 20.2. The van der Waals surface area contributed by atoms with Crippen LogP contribution in [0.4, 0.5) is 26.1 Å². The topological polar surface area (TPSA) is 106 Å². The SMILES string of the molecule is Cc1cc(-c2cn(-c3ccc([N+](=O)[O-])cc3N3CCC4(CC3)CC4)nn2)nc(N2CCC(F)(F)CC2)n1. The van der Waals surface area contributed by atoms with E-state index in [0.29, 0.717) is 34.1 Å². The Hall–Kier alpha value is -3.70. The number of nitro groups is 1. The molecule has 4 heterocycles. The molecule has 194 valence electrons. The predicted molar refractivity (Wildman–Crippen MR) is 133 cm³/mol. The lowest BCUT2D eigenvalue weighted by Crippen LogP contribution is -2.40. The number of aryl methyl sites for hydroxylation is 1. The number of rotatable bonds is 5. The summed E-state index contributed by atoms with van der Waals surface area (Å²) in [6.45, 7) is 3.89. The number of hydrogen-bond acceptors (Lipinski definition) is 8. The summed E-state index contributed by atoms with van der Waals surface area (Å²) in [6, 6.07) is 6.58. The second kappa shape index (κ2) is 8.70. The van der Waals surface area contributed by atoms with Crippen molar-refractivity contribution >= 4 is 17.3 Å². The molecule has 1 aromatic carbocycles. The van der Waals surface area contributed by atoms with E-state index in [1.165, 1.54) is 18.9 Å². The quantitative estimate of drug-likeness (QED) is 0.363. The third kappa shape index (κ3) is 4.72. The average molecular weight is 511 g/mol. The summed E-state index contributed by atoms with van der Waals surface area (Å²) in [4.78, 5) is 24.2. The normalized spacial score (nSPS) is 20.3. The fourth-order valence-corrected chi connectivity index (χ4v) is 5.33. The van der Waals surface area contributed by atoms with Gasteiger partial charge in [-0.15, -0.1) is 5.10 Å². The Bertz CT molecular complexity index is 1340. The van der Waals surface area contributed by atoms with Gasteiger partial charge in [0.05, 0.1) is 28.2 Å². The van der Waals surface area contributed by atoms with Gasteiger partial charge in [0.25, 0.3) is 11.6 Å². The molecule has 2 aliphatic heterocycles. The summed E-state index contributed by atoms with van der Waals surface area (Å²) in [5.74, 6) is -2.25. The first-order valence-corrected chi connectivity index (χ1v) is 12.7. The molecule has 0 N–H and O–H groups in total. The summed E-state index contributed by atoms with van der Waals surface area (Å²) < 4.78 is 28.9. The Morgan fingerprint density at radius 1 is 0.892 bits per heavy atom. The van der Waals surface area contributed by atoms with Crippen LogP contribution < -0.4 is 9.80 Å². The highest BCUT2D eigenvalue weighted by atomic mass is 19.3. The van der Waals surface area contributed by atoms with Crippen molar-refractivity contribution in [3.05, 3.63) is 46.3 Å². The number of alkyl halides is 2. The maximum atomic E-state index is 13.6. The minimum absolute atomic E-state index is 0.0361. The van der Waals surface area contributed by atoms with Crippen molar-refractivity contribution in [2.24, 2.45) is 5.41 Å². The molecule has 0 unspecified atom stereocenters. The number of anilines is 2. The van der Waals surface area contributed by atoms with Crippen LogP contribution in [0, 0.1) is 22.5 Å². The molecule has 1 aliphatic carbocycles. The monoisotopic (exact) mass is 510 g/mol. The highest BCUT2D eigenvalue weighted by Gasteiger charge is 2.44. The first kappa shape index (κ1) is 23.7. The maximum absolute atomic E-state index is 13.6. The third-order valence-electron chi connectivity index (χ3n) is 7.91. The van der Waals surface area contributed by atoms with Crippen molar-refractivity contribution in [1.82, 2.24) is 25.0 Å². The highest BCUT2D eigenvalue weighted by molar-refractivity contribution is 5.68. The minimum Gasteiger partial charge on any atom is -0.370 e. The van der Waals surface area contributed by atoms with E-state index in [4.69, 9.17) is 0 Å². The first-order chi connectivity index (χ1) is 17.7. The smallest absolute Gasteiger partial charge is 0.271 e. The molecule has 10 nitrogen and oxygen atoms in total. The zero-order chi connectivity index (χ0) is 25.8. The molecule has 6 rings (SSSR count). The molecule has 2 aromatic heterocycles. The van der Waals surface area contributed by atoms with E-state index in [1.54, 1.807) is 34.0 Å². The van der Waals surface area contributed by atoms with Crippen molar-refractivity contribution in [3.63, 3.8) is 0 Å². The fraction of sp³-hybridized carbons (Fsp3) is 0.520. The van der Waals surface area contributed by atoms with Crippen LogP contribution in [0.2, 0.25) is 0 Å². The van der Waals surface area contributed by atoms with Crippen LogP contribution in [0.5, 0.6) is 0 Å². The number of aromatic nitrogens is 5. The average Bonchev–Trinajstić information content (AvgIpc) is 3.44. The molecule has 12 heteroatoms. The second-order valence-corrected chi connectivity index (χ2v) is 10.5. The molecule has 2 saturated heterocycles.